The predicted molar refractivity (Wildman–Crippen MR) is 133 cm³/mol. The number of hydrogen-bond acceptors (Lipinski definition) is 7. The number of methoxy groups -OCH3 is 2. The van der Waals surface area contributed by atoms with Crippen LogP contribution in [0.15, 0.2) is 60.9 Å². The Morgan fingerprint density at radius 3 is 2.11 bits per heavy atom. The molecular weight excluding hydrogens is 458 g/mol. The van der Waals surface area contributed by atoms with E-state index in [1.807, 2.05) is 6.07 Å². The van der Waals surface area contributed by atoms with Crippen molar-refractivity contribution in [3.8, 4) is 17.6 Å². The summed E-state index contributed by atoms with van der Waals surface area (Å²) < 4.78 is 12.3. The van der Waals surface area contributed by atoms with Crippen molar-refractivity contribution in [1.82, 2.24) is 14.4 Å². The van der Waals surface area contributed by atoms with E-state index < -0.39 is 11.8 Å². The molecular formula is C27H25N5O4. The highest BCUT2D eigenvalue weighted by Gasteiger charge is 2.32. The molecule has 0 atom stereocenters. The summed E-state index contributed by atoms with van der Waals surface area (Å²) >= 11 is 0. The van der Waals surface area contributed by atoms with E-state index in [-0.39, 0.29) is 28.3 Å². The van der Waals surface area contributed by atoms with Gasteiger partial charge in [-0.1, -0.05) is 37.6 Å². The maximum atomic E-state index is 14.0. The first kappa shape index (κ1) is 24.4. The molecule has 36 heavy (non-hydrogen) atoms. The van der Waals surface area contributed by atoms with Crippen molar-refractivity contribution in [2.75, 3.05) is 19.1 Å². The number of rotatable bonds is 8. The van der Waals surface area contributed by atoms with Crippen LogP contribution in [-0.2, 0) is 6.42 Å². The van der Waals surface area contributed by atoms with Gasteiger partial charge >= 0.3 is 0 Å². The minimum absolute atomic E-state index is 0.101. The van der Waals surface area contributed by atoms with Gasteiger partial charge in [-0.2, -0.15) is 5.26 Å². The van der Waals surface area contributed by atoms with Crippen molar-refractivity contribution in [3.05, 3.63) is 83.4 Å². The predicted octanol–water partition coefficient (Wildman–Crippen LogP) is 4.45. The largest absolute Gasteiger partial charge is 0.496 e. The molecule has 0 N–H and O–H groups in total. The van der Waals surface area contributed by atoms with Crippen molar-refractivity contribution in [2.24, 2.45) is 0 Å². The molecule has 0 saturated heterocycles. The van der Waals surface area contributed by atoms with Gasteiger partial charge in [-0.05, 0) is 37.1 Å². The Balaban J connectivity index is 2.00. The van der Waals surface area contributed by atoms with Gasteiger partial charge in [0.05, 0.1) is 25.3 Å². The number of anilines is 1. The second-order valence-corrected chi connectivity index (χ2v) is 7.95. The average Bonchev–Trinajstić information content (AvgIpc) is 3.34. The first-order valence-electron chi connectivity index (χ1n) is 11.5. The van der Waals surface area contributed by atoms with Gasteiger partial charge in [0.25, 0.3) is 11.8 Å². The average molecular weight is 484 g/mol. The number of amides is 2. The van der Waals surface area contributed by atoms with Crippen LogP contribution >= 0.6 is 0 Å². The van der Waals surface area contributed by atoms with E-state index >= 15 is 0 Å². The zero-order valence-corrected chi connectivity index (χ0v) is 20.3. The van der Waals surface area contributed by atoms with E-state index in [1.165, 1.54) is 24.9 Å². The molecule has 9 heteroatoms. The molecule has 2 amide bonds. The van der Waals surface area contributed by atoms with Gasteiger partial charge in [0.15, 0.2) is 11.3 Å². The lowest BCUT2D eigenvalue weighted by atomic mass is 10.1. The Labute approximate surface area is 208 Å². The van der Waals surface area contributed by atoms with Crippen LogP contribution in [0.3, 0.4) is 0 Å². The molecule has 9 nitrogen and oxygen atoms in total. The van der Waals surface area contributed by atoms with Gasteiger partial charge in [-0.25, -0.2) is 14.9 Å². The normalized spacial score (nSPS) is 10.6. The molecule has 0 saturated carbocycles. The number of aromatic nitrogens is 3. The summed E-state index contributed by atoms with van der Waals surface area (Å²) in [5.74, 6) is -0.360. The van der Waals surface area contributed by atoms with Crippen LogP contribution in [0.25, 0.3) is 5.65 Å². The summed E-state index contributed by atoms with van der Waals surface area (Å²) in [6, 6.07) is 17.1. The molecule has 4 rings (SSSR count). The highest BCUT2D eigenvalue weighted by atomic mass is 16.5. The summed E-state index contributed by atoms with van der Waals surface area (Å²) in [5.41, 5.74) is 1.41. The molecule has 0 bridgehead atoms. The van der Waals surface area contributed by atoms with E-state index in [0.29, 0.717) is 23.6 Å². The third-order valence-electron chi connectivity index (χ3n) is 5.74. The molecule has 4 aromatic rings. The summed E-state index contributed by atoms with van der Waals surface area (Å²) in [6.07, 6.45) is 3.77. The van der Waals surface area contributed by atoms with Crippen molar-refractivity contribution < 1.29 is 19.1 Å². The van der Waals surface area contributed by atoms with Gasteiger partial charge in [-0.3, -0.25) is 14.0 Å². The smallest absolute Gasteiger partial charge is 0.270 e. The number of unbranched alkanes of at least 4 members (excludes halogenated alkanes) is 1. The Morgan fingerprint density at radius 1 is 1.00 bits per heavy atom. The Hall–Kier alpha value is -4.71. The van der Waals surface area contributed by atoms with Gasteiger partial charge in [0.1, 0.15) is 29.7 Å². The number of nitrogens with zero attached hydrogens (tertiary/aromatic N) is 5. The fourth-order valence-corrected chi connectivity index (χ4v) is 3.92. The third-order valence-corrected chi connectivity index (χ3v) is 5.74. The number of para-hydroxylation sites is 2. The molecule has 0 aliphatic heterocycles. The first-order chi connectivity index (χ1) is 17.5. The summed E-state index contributed by atoms with van der Waals surface area (Å²) in [6.45, 7) is 2.06. The van der Waals surface area contributed by atoms with E-state index in [2.05, 4.69) is 16.9 Å². The fraction of sp³-hybridized carbons (Fsp3) is 0.222. The molecule has 2 heterocycles. The number of imide groups is 1. The number of fused-ring (bicyclic) bond motifs is 1. The summed E-state index contributed by atoms with van der Waals surface area (Å²) in [4.78, 5) is 37.9. The van der Waals surface area contributed by atoms with Crippen molar-refractivity contribution in [2.45, 2.75) is 26.2 Å². The number of nitriles is 1. The number of carbonyl (C=O) groups excluding carboxylic acids is 2. The Morgan fingerprint density at radius 2 is 1.58 bits per heavy atom. The second kappa shape index (κ2) is 10.7. The lowest BCUT2D eigenvalue weighted by Crippen LogP contribution is -2.39. The number of imidazole rings is 1. The van der Waals surface area contributed by atoms with E-state index in [4.69, 9.17) is 9.47 Å². The standard InChI is InChI=1S/C27H25N5O4/c1-4-5-10-18-15-24(31-17-29-21(16-28)25(31)30-18)32(26(33)19-11-6-8-13-22(19)35-2)27(34)20-12-7-9-14-23(20)36-3/h6-9,11-15,17H,4-5,10H2,1-3H3. The highest BCUT2D eigenvalue weighted by Crippen LogP contribution is 2.29. The number of carbonyl (C=O) groups is 2. The Kier molecular flexibility index (Phi) is 7.25. The highest BCUT2D eigenvalue weighted by molar-refractivity contribution is 6.26. The van der Waals surface area contributed by atoms with Crippen LogP contribution in [0.4, 0.5) is 5.82 Å². The Bertz CT molecular complexity index is 1410. The summed E-state index contributed by atoms with van der Waals surface area (Å²) in [7, 11) is 2.92. The number of ether oxygens (including phenoxy) is 2. The molecule has 2 aromatic heterocycles. The van der Waals surface area contributed by atoms with Crippen LogP contribution in [0, 0.1) is 11.3 Å². The molecule has 2 aromatic carbocycles. The van der Waals surface area contributed by atoms with Crippen LogP contribution in [-0.4, -0.2) is 40.4 Å². The van der Waals surface area contributed by atoms with Gasteiger partial charge in [-0.15, -0.1) is 0 Å². The van der Waals surface area contributed by atoms with Gasteiger partial charge in [0, 0.05) is 11.8 Å². The molecule has 0 aliphatic rings. The molecule has 0 unspecified atom stereocenters. The molecule has 182 valence electrons. The van der Waals surface area contributed by atoms with Crippen molar-refractivity contribution in [3.63, 3.8) is 0 Å². The third kappa shape index (κ3) is 4.49. The molecule has 0 spiro atoms. The second-order valence-electron chi connectivity index (χ2n) is 7.95. The quantitative estimate of drug-likeness (QED) is 0.341. The lowest BCUT2D eigenvalue weighted by Gasteiger charge is -2.24. The molecule has 0 fully saturated rings. The number of aryl methyl sites for hydroxylation is 1. The number of benzene rings is 2. The SMILES string of the molecule is CCCCc1cc(N(C(=O)c2ccccc2OC)C(=O)c2ccccc2OC)n2cnc(C#N)c2n1. The van der Waals surface area contributed by atoms with Crippen LogP contribution < -0.4 is 14.4 Å². The monoisotopic (exact) mass is 483 g/mol. The maximum Gasteiger partial charge on any atom is 0.270 e. The summed E-state index contributed by atoms with van der Waals surface area (Å²) in [5, 5.41) is 9.59. The zero-order chi connectivity index (χ0) is 25.7. The first-order valence-corrected chi connectivity index (χ1v) is 11.5. The molecule has 0 radical (unpaired) electrons. The van der Waals surface area contributed by atoms with Crippen LogP contribution in [0.5, 0.6) is 11.5 Å². The minimum Gasteiger partial charge on any atom is -0.496 e. The fourth-order valence-electron chi connectivity index (χ4n) is 3.92. The minimum atomic E-state index is -0.607. The number of hydrogen-bond donors (Lipinski definition) is 0. The van der Waals surface area contributed by atoms with Gasteiger partial charge in [0.2, 0.25) is 0 Å². The van der Waals surface area contributed by atoms with E-state index in [1.54, 1.807) is 54.6 Å². The topological polar surface area (TPSA) is 110 Å². The molecule has 0 aliphatic carbocycles. The lowest BCUT2D eigenvalue weighted by molar-refractivity contribution is 0.0893. The van der Waals surface area contributed by atoms with Crippen molar-refractivity contribution >= 4 is 23.3 Å². The van der Waals surface area contributed by atoms with E-state index in [0.717, 1.165) is 17.7 Å². The maximum absolute atomic E-state index is 14.0. The van der Waals surface area contributed by atoms with Crippen LogP contribution in [0.1, 0.15) is 51.9 Å². The zero-order valence-electron chi connectivity index (χ0n) is 20.3. The van der Waals surface area contributed by atoms with Gasteiger partial charge < -0.3 is 9.47 Å². The van der Waals surface area contributed by atoms with Crippen LogP contribution in [0.2, 0.25) is 0 Å². The van der Waals surface area contributed by atoms with Crippen molar-refractivity contribution in [1.29, 1.82) is 5.26 Å². The van der Waals surface area contributed by atoms with E-state index in [9.17, 15) is 14.9 Å².